The summed E-state index contributed by atoms with van der Waals surface area (Å²) in [7, 11) is 0. The van der Waals surface area contributed by atoms with Gasteiger partial charge >= 0.3 is 11.8 Å². The summed E-state index contributed by atoms with van der Waals surface area (Å²) in [4.78, 5) is 22.4. The molecule has 0 unspecified atom stereocenters. The van der Waals surface area contributed by atoms with Gasteiger partial charge in [0.25, 0.3) is 0 Å². The van der Waals surface area contributed by atoms with Crippen molar-refractivity contribution >= 4 is 23.4 Å². The van der Waals surface area contributed by atoms with Crippen LogP contribution in [0.4, 0.5) is 0 Å². The quantitative estimate of drug-likeness (QED) is 0.600. The van der Waals surface area contributed by atoms with E-state index in [4.69, 9.17) is 11.6 Å². The van der Waals surface area contributed by atoms with E-state index in [-0.39, 0.29) is 0 Å². The first kappa shape index (κ1) is 13.5. The molecule has 0 saturated heterocycles. The molecule has 0 atom stereocenters. The molecule has 0 radical (unpaired) electrons. The largest absolute Gasteiger partial charge is 0.348 e. The zero-order valence-electron chi connectivity index (χ0n) is 9.41. The van der Waals surface area contributed by atoms with Crippen LogP contribution >= 0.6 is 11.6 Å². The molecule has 0 spiro atoms. The van der Waals surface area contributed by atoms with E-state index in [9.17, 15) is 9.59 Å². The minimum Gasteiger partial charge on any atom is -0.348 e. The lowest BCUT2D eigenvalue weighted by atomic mass is 10.1. The molecule has 0 aliphatic heterocycles. The first-order valence-corrected chi connectivity index (χ1v) is 5.93. The molecule has 0 aromatic heterocycles. The van der Waals surface area contributed by atoms with Crippen LogP contribution in [0, 0.1) is 0 Å². The lowest BCUT2D eigenvalue weighted by molar-refractivity contribution is -0.139. The molecular weight excluding hydrogens is 240 g/mol. The molecular formula is C12H15ClN2O2. The fraction of sp³-hybridized carbons (Fsp3) is 0.333. The Labute approximate surface area is 105 Å². The van der Waals surface area contributed by atoms with Gasteiger partial charge in [-0.1, -0.05) is 30.3 Å². The maximum atomic E-state index is 11.3. The van der Waals surface area contributed by atoms with Crippen LogP contribution < -0.4 is 10.6 Å². The topological polar surface area (TPSA) is 58.2 Å². The summed E-state index contributed by atoms with van der Waals surface area (Å²) in [6.07, 6.45) is 0.704. The Morgan fingerprint density at radius 2 is 1.59 bits per heavy atom. The molecule has 0 aliphatic carbocycles. The molecule has 17 heavy (non-hydrogen) atoms. The van der Waals surface area contributed by atoms with Crippen molar-refractivity contribution in [1.29, 1.82) is 0 Å². The third-order valence-corrected chi connectivity index (χ3v) is 2.32. The van der Waals surface area contributed by atoms with Gasteiger partial charge in [0, 0.05) is 19.0 Å². The summed E-state index contributed by atoms with van der Waals surface area (Å²) in [5, 5.41) is 4.94. The van der Waals surface area contributed by atoms with Crippen molar-refractivity contribution in [3.63, 3.8) is 0 Å². The Balaban J connectivity index is 2.22. The average molecular weight is 255 g/mol. The lowest BCUT2D eigenvalue weighted by Gasteiger charge is -2.05. The van der Waals surface area contributed by atoms with Gasteiger partial charge < -0.3 is 10.6 Å². The van der Waals surface area contributed by atoms with Gasteiger partial charge in [0.1, 0.15) is 0 Å². The van der Waals surface area contributed by atoms with E-state index in [0.717, 1.165) is 5.56 Å². The van der Waals surface area contributed by atoms with Crippen LogP contribution in [0.2, 0.25) is 0 Å². The van der Waals surface area contributed by atoms with Crippen molar-refractivity contribution in [2.75, 3.05) is 19.0 Å². The first-order chi connectivity index (χ1) is 8.24. The van der Waals surface area contributed by atoms with E-state index in [1.54, 1.807) is 0 Å². The Morgan fingerprint density at radius 3 is 2.18 bits per heavy atom. The molecule has 4 nitrogen and oxygen atoms in total. The molecule has 0 aliphatic rings. The van der Waals surface area contributed by atoms with Crippen LogP contribution in [0.15, 0.2) is 30.3 Å². The van der Waals surface area contributed by atoms with Crippen LogP contribution in [-0.4, -0.2) is 30.8 Å². The SMILES string of the molecule is O=C(NCCCl)C(=O)NCCc1ccccc1. The van der Waals surface area contributed by atoms with Crippen molar-refractivity contribution in [2.45, 2.75) is 6.42 Å². The van der Waals surface area contributed by atoms with E-state index in [2.05, 4.69) is 10.6 Å². The number of amides is 2. The third kappa shape index (κ3) is 5.36. The number of hydrogen-bond donors (Lipinski definition) is 2. The molecule has 0 heterocycles. The predicted octanol–water partition coefficient (Wildman–Crippen LogP) is 0.700. The number of rotatable bonds is 5. The van der Waals surface area contributed by atoms with Crippen LogP contribution in [0.3, 0.4) is 0 Å². The zero-order chi connectivity index (χ0) is 12.5. The number of nitrogens with one attached hydrogen (secondary N) is 2. The molecule has 1 rings (SSSR count). The van der Waals surface area contributed by atoms with E-state index < -0.39 is 11.8 Å². The third-order valence-electron chi connectivity index (χ3n) is 2.13. The number of hydrogen-bond acceptors (Lipinski definition) is 2. The minimum absolute atomic E-state index is 0.295. The number of halogens is 1. The summed E-state index contributed by atoms with van der Waals surface area (Å²) < 4.78 is 0. The maximum absolute atomic E-state index is 11.3. The second kappa shape index (κ2) is 7.68. The van der Waals surface area contributed by atoms with Gasteiger partial charge in [-0.3, -0.25) is 9.59 Å². The van der Waals surface area contributed by atoms with Gasteiger partial charge in [-0.25, -0.2) is 0 Å². The fourth-order valence-corrected chi connectivity index (χ4v) is 1.38. The molecule has 5 heteroatoms. The zero-order valence-corrected chi connectivity index (χ0v) is 10.2. The Kier molecular flexibility index (Phi) is 6.10. The summed E-state index contributed by atoms with van der Waals surface area (Å²) in [5.41, 5.74) is 1.12. The Hall–Kier alpha value is -1.55. The molecule has 1 aromatic carbocycles. The van der Waals surface area contributed by atoms with E-state index in [0.29, 0.717) is 25.4 Å². The maximum Gasteiger partial charge on any atom is 0.309 e. The van der Waals surface area contributed by atoms with Crippen molar-refractivity contribution in [3.8, 4) is 0 Å². The van der Waals surface area contributed by atoms with Crippen molar-refractivity contribution in [2.24, 2.45) is 0 Å². The molecule has 1 aromatic rings. The smallest absolute Gasteiger partial charge is 0.309 e. The highest BCUT2D eigenvalue weighted by Gasteiger charge is 2.11. The van der Waals surface area contributed by atoms with Crippen LogP contribution in [0.25, 0.3) is 0 Å². The highest BCUT2D eigenvalue weighted by Crippen LogP contribution is 1.97. The minimum atomic E-state index is -0.640. The van der Waals surface area contributed by atoms with E-state index >= 15 is 0 Å². The summed E-state index contributed by atoms with van der Waals surface area (Å²) in [5.74, 6) is -0.965. The number of benzene rings is 1. The molecule has 92 valence electrons. The van der Waals surface area contributed by atoms with Crippen molar-refractivity contribution in [3.05, 3.63) is 35.9 Å². The normalized spacial score (nSPS) is 9.71. The summed E-state index contributed by atoms with van der Waals surface area (Å²) in [6.45, 7) is 0.740. The van der Waals surface area contributed by atoms with Gasteiger partial charge in [-0.2, -0.15) is 0 Å². The molecule has 0 saturated carbocycles. The van der Waals surface area contributed by atoms with E-state index in [1.165, 1.54) is 0 Å². The van der Waals surface area contributed by atoms with Crippen LogP contribution in [0.1, 0.15) is 5.56 Å². The average Bonchev–Trinajstić information content (AvgIpc) is 2.37. The fourth-order valence-electron chi connectivity index (χ4n) is 1.29. The predicted molar refractivity (Wildman–Crippen MR) is 66.9 cm³/mol. The second-order valence-corrected chi connectivity index (χ2v) is 3.81. The van der Waals surface area contributed by atoms with E-state index in [1.807, 2.05) is 30.3 Å². The lowest BCUT2D eigenvalue weighted by Crippen LogP contribution is -2.41. The van der Waals surface area contributed by atoms with Gasteiger partial charge in [0.15, 0.2) is 0 Å². The van der Waals surface area contributed by atoms with Crippen LogP contribution in [0.5, 0.6) is 0 Å². The highest BCUT2D eigenvalue weighted by molar-refractivity contribution is 6.35. The van der Waals surface area contributed by atoms with Gasteiger partial charge in [0.05, 0.1) is 0 Å². The molecule has 2 amide bonds. The van der Waals surface area contributed by atoms with Crippen molar-refractivity contribution < 1.29 is 9.59 Å². The molecule has 2 N–H and O–H groups in total. The number of carbonyl (C=O) groups excluding carboxylic acids is 2. The molecule has 0 fully saturated rings. The van der Waals surface area contributed by atoms with Gasteiger partial charge in [0.2, 0.25) is 0 Å². The van der Waals surface area contributed by atoms with Gasteiger partial charge in [-0.15, -0.1) is 11.6 Å². The van der Waals surface area contributed by atoms with Crippen LogP contribution in [-0.2, 0) is 16.0 Å². The summed E-state index contributed by atoms with van der Waals surface area (Å²) in [6, 6.07) is 9.75. The second-order valence-electron chi connectivity index (χ2n) is 3.44. The number of alkyl halides is 1. The Bertz CT molecular complexity index is 368. The van der Waals surface area contributed by atoms with Crippen molar-refractivity contribution in [1.82, 2.24) is 10.6 Å². The summed E-state index contributed by atoms with van der Waals surface area (Å²) >= 11 is 5.39. The first-order valence-electron chi connectivity index (χ1n) is 5.40. The highest BCUT2D eigenvalue weighted by atomic mass is 35.5. The number of carbonyl (C=O) groups is 2. The van der Waals surface area contributed by atoms with Gasteiger partial charge in [-0.05, 0) is 12.0 Å². The standard InChI is InChI=1S/C12H15ClN2O2/c13-7-9-15-12(17)11(16)14-8-6-10-4-2-1-3-5-10/h1-5H,6-9H2,(H,14,16)(H,15,17). The monoisotopic (exact) mass is 254 g/mol. The Morgan fingerprint density at radius 1 is 1.00 bits per heavy atom. The molecule has 0 bridgehead atoms.